The number of H-pyrrole nitrogens is 1. The van der Waals surface area contributed by atoms with Crippen LogP contribution in [-0.4, -0.2) is 40.9 Å². The van der Waals surface area contributed by atoms with Crippen molar-refractivity contribution in [3.05, 3.63) is 17.5 Å². The van der Waals surface area contributed by atoms with E-state index < -0.39 is 0 Å². The van der Waals surface area contributed by atoms with E-state index in [4.69, 9.17) is 16.0 Å². The fraction of sp³-hybridized carbons (Fsp3) is 0.455. The molecule has 0 bridgehead atoms. The maximum Gasteiger partial charge on any atom is 0.245 e. The Bertz CT molecular complexity index is 537. The van der Waals surface area contributed by atoms with E-state index >= 15 is 0 Å². The number of aromatic nitrogens is 3. The van der Waals surface area contributed by atoms with Gasteiger partial charge in [-0.3, -0.25) is 5.10 Å². The monoisotopic (exact) mass is 267 g/mol. The van der Waals surface area contributed by atoms with Gasteiger partial charge in [0, 0.05) is 25.7 Å². The van der Waals surface area contributed by atoms with E-state index in [1.807, 2.05) is 0 Å². The number of nitrogens with one attached hydrogen (secondary N) is 2. The zero-order valence-corrected chi connectivity index (χ0v) is 10.7. The van der Waals surface area contributed by atoms with Crippen LogP contribution in [0.15, 0.2) is 16.7 Å². The number of nitrogens with zero attached hydrogens (tertiary/aromatic N) is 3. The number of furan rings is 1. The van der Waals surface area contributed by atoms with E-state index in [-0.39, 0.29) is 0 Å². The average molecular weight is 268 g/mol. The van der Waals surface area contributed by atoms with Crippen molar-refractivity contribution in [1.29, 1.82) is 0 Å². The van der Waals surface area contributed by atoms with Gasteiger partial charge in [0.05, 0.1) is 11.8 Å². The van der Waals surface area contributed by atoms with Crippen molar-refractivity contribution in [3.63, 3.8) is 0 Å². The topological polar surface area (TPSA) is 70.0 Å². The largest absolute Gasteiger partial charge is 0.452 e. The highest BCUT2D eigenvalue weighted by molar-refractivity contribution is 6.31. The van der Waals surface area contributed by atoms with E-state index in [9.17, 15) is 0 Å². The van der Waals surface area contributed by atoms with Crippen molar-refractivity contribution in [2.75, 3.05) is 24.5 Å². The lowest BCUT2D eigenvalue weighted by atomic mass is 10.2. The van der Waals surface area contributed by atoms with E-state index in [0.29, 0.717) is 23.0 Å². The van der Waals surface area contributed by atoms with Gasteiger partial charge >= 0.3 is 0 Å². The van der Waals surface area contributed by atoms with Crippen LogP contribution in [0.4, 0.5) is 5.95 Å². The molecule has 0 spiro atoms. The third-order valence-electron chi connectivity index (χ3n) is 3.00. The molecule has 2 aromatic rings. The second kappa shape index (κ2) is 4.62. The first kappa shape index (κ1) is 11.6. The zero-order chi connectivity index (χ0) is 12.5. The van der Waals surface area contributed by atoms with Crippen molar-refractivity contribution in [3.8, 4) is 11.4 Å². The highest BCUT2D eigenvalue weighted by atomic mass is 35.5. The van der Waals surface area contributed by atoms with Gasteiger partial charge in [-0.15, -0.1) is 5.10 Å². The van der Waals surface area contributed by atoms with Gasteiger partial charge < -0.3 is 14.6 Å². The predicted molar refractivity (Wildman–Crippen MR) is 68.8 cm³/mol. The quantitative estimate of drug-likeness (QED) is 0.863. The number of hydrogen-bond acceptors (Lipinski definition) is 5. The number of aromatic amines is 1. The first-order valence-corrected chi connectivity index (χ1v) is 6.26. The van der Waals surface area contributed by atoms with Gasteiger partial charge in [-0.05, 0) is 24.6 Å². The van der Waals surface area contributed by atoms with E-state index in [1.165, 1.54) is 6.26 Å². The first-order valence-electron chi connectivity index (χ1n) is 5.88. The highest BCUT2D eigenvalue weighted by Crippen LogP contribution is 2.27. The van der Waals surface area contributed by atoms with Gasteiger partial charge in [-0.25, -0.2) is 0 Å². The zero-order valence-electron chi connectivity index (χ0n) is 9.98. The molecular formula is C11H14ClN5O. The molecular weight excluding hydrogens is 254 g/mol. The smallest absolute Gasteiger partial charge is 0.245 e. The van der Waals surface area contributed by atoms with E-state index in [1.54, 1.807) is 6.07 Å². The van der Waals surface area contributed by atoms with Crippen LogP contribution in [0.25, 0.3) is 11.4 Å². The molecule has 1 fully saturated rings. The third kappa shape index (κ3) is 2.09. The molecule has 3 heterocycles. The summed E-state index contributed by atoms with van der Waals surface area (Å²) >= 11 is 5.91. The summed E-state index contributed by atoms with van der Waals surface area (Å²) in [6.45, 7) is 4.89. The fourth-order valence-corrected chi connectivity index (χ4v) is 2.30. The Hall–Kier alpha value is -1.53. The molecule has 1 atom stereocenters. The Kier molecular flexibility index (Phi) is 2.97. The Morgan fingerprint density at radius 2 is 2.44 bits per heavy atom. The number of hydrogen-bond donors (Lipinski definition) is 2. The summed E-state index contributed by atoms with van der Waals surface area (Å²) in [5.41, 5.74) is 0.735. The van der Waals surface area contributed by atoms with Crippen LogP contribution in [0, 0.1) is 0 Å². The summed E-state index contributed by atoms with van der Waals surface area (Å²) < 4.78 is 5.04. The molecule has 1 saturated heterocycles. The molecule has 0 unspecified atom stereocenters. The van der Waals surface area contributed by atoms with Crippen molar-refractivity contribution < 1.29 is 4.42 Å². The molecule has 0 amide bonds. The first-order chi connectivity index (χ1) is 8.74. The minimum absolute atomic E-state index is 0.325. The molecule has 0 aromatic carbocycles. The van der Waals surface area contributed by atoms with Crippen LogP contribution < -0.4 is 10.2 Å². The van der Waals surface area contributed by atoms with E-state index in [2.05, 4.69) is 32.3 Å². The maximum absolute atomic E-state index is 5.91. The summed E-state index contributed by atoms with van der Waals surface area (Å²) in [5.74, 6) is 1.34. The van der Waals surface area contributed by atoms with Gasteiger partial charge in [-0.1, -0.05) is 0 Å². The SMILES string of the molecule is C[C@H]1CN(c2n[nH]c(-c3ccoc3Cl)n2)CCN1. The lowest BCUT2D eigenvalue weighted by Crippen LogP contribution is -2.49. The molecule has 1 aliphatic heterocycles. The summed E-state index contributed by atoms with van der Waals surface area (Å²) in [6.07, 6.45) is 1.53. The molecule has 2 N–H and O–H groups in total. The Labute approximate surface area is 109 Å². The van der Waals surface area contributed by atoms with Crippen LogP contribution in [0.3, 0.4) is 0 Å². The highest BCUT2D eigenvalue weighted by Gasteiger charge is 2.20. The lowest BCUT2D eigenvalue weighted by Gasteiger charge is -2.30. The average Bonchev–Trinajstić information content (AvgIpc) is 2.97. The Balaban J connectivity index is 1.83. The van der Waals surface area contributed by atoms with Crippen molar-refractivity contribution >= 4 is 17.5 Å². The molecule has 1 aliphatic rings. The fourth-order valence-electron chi connectivity index (χ4n) is 2.09. The van der Waals surface area contributed by atoms with Gasteiger partial charge in [0.2, 0.25) is 11.2 Å². The van der Waals surface area contributed by atoms with Crippen molar-refractivity contribution in [2.24, 2.45) is 0 Å². The summed E-state index contributed by atoms with van der Waals surface area (Å²) in [6, 6.07) is 2.21. The van der Waals surface area contributed by atoms with E-state index in [0.717, 1.165) is 25.2 Å². The van der Waals surface area contributed by atoms with Gasteiger partial charge in [-0.2, -0.15) is 4.98 Å². The summed E-state index contributed by atoms with van der Waals surface area (Å²) in [7, 11) is 0. The Morgan fingerprint density at radius 3 is 3.17 bits per heavy atom. The van der Waals surface area contributed by atoms with Crippen LogP contribution in [0.5, 0.6) is 0 Å². The predicted octanol–water partition coefficient (Wildman–Crippen LogP) is 1.52. The molecule has 2 aromatic heterocycles. The second-order valence-electron chi connectivity index (χ2n) is 4.39. The number of rotatable bonds is 2. The lowest BCUT2D eigenvalue weighted by molar-refractivity contribution is 0.480. The minimum Gasteiger partial charge on any atom is -0.452 e. The number of piperazine rings is 1. The normalized spacial score (nSPS) is 20.3. The number of anilines is 1. The molecule has 0 radical (unpaired) electrons. The van der Waals surface area contributed by atoms with Crippen molar-refractivity contribution in [1.82, 2.24) is 20.5 Å². The molecule has 7 heteroatoms. The van der Waals surface area contributed by atoms with Gasteiger partial charge in [0.1, 0.15) is 0 Å². The standard InChI is InChI=1S/C11H14ClN5O/c1-7-6-17(4-3-13-7)11-14-10(15-16-11)8-2-5-18-9(8)12/h2,5,7,13H,3-4,6H2,1H3,(H,14,15,16)/t7-/m0/s1. The van der Waals surface area contributed by atoms with Gasteiger partial charge in [0.15, 0.2) is 5.82 Å². The maximum atomic E-state index is 5.91. The van der Waals surface area contributed by atoms with Crippen LogP contribution in [0.2, 0.25) is 5.22 Å². The number of halogens is 1. The van der Waals surface area contributed by atoms with Crippen LogP contribution in [0.1, 0.15) is 6.92 Å². The second-order valence-corrected chi connectivity index (χ2v) is 4.74. The van der Waals surface area contributed by atoms with Crippen LogP contribution >= 0.6 is 11.6 Å². The Morgan fingerprint density at radius 1 is 1.56 bits per heavy atom. The molecule has 96 valence electrons. The molecule has 0 saturated carbocycles. The minimum atomic E-state index is 0.325. The van der Waals surface area contributed by atoms with Crippen LogP contribution in [-0.2, 0) is 0 Å². The summed E-state index contributed by atoms with van der Waals surface area (Å²) in [5, 5.41) is 10.8. The molecule has 3 rings (SSSR count). The molecule has 0 aliphatic carbocycles. The third-order valence-corrected chi connectivity index (χ3v) is 3.29. The van der Waals surface area contributed by atoms with Gasteiger partial charge in [0.25, 0.3) is 0 Å². The summed E-state index contributed by atoms with van der Waals surface area (Å²) in [4.78, 5) is 6.61. The molecule has 18 heavy (non-hydrogen) atoms. The van der Waals surface area contributed by atoms with Crippen molar-refractivity contribution in [2.45, 2.75) is 13.0 Å². The molecule has 6 nitrogen and oxygen atoms in total.